The number of aromatic nitrogens is 2. The van der Waals surface area contributed by atoms with E-state index >= 15 is 0 Å². The summed E-state index contributed by atoms with van der Waals surface area (Å²) in [6, 6.07) is 3.82. The Kier molecular flexibility index (Phi) is 6.69. The number of pyridine rings is 1. The van der Waals surface area contributed by atoms with Crippen LogP contribution in [0.4, 0.5) is 5.82 Å². The second-order valence-electron chi connectivity index (χ2n) is 8.90. The molecule has 2 aliphatic heterocycles. The zero-order valence-corrected chi connectivity index (χ0v) is 20.6. The Balaban J connectivity index is 1.79. The van der Waals surface area contributed by atoms with Crippen LogP contribution in [0, 0.1) is 12.8 Å². The van der Waals surface area contributed by atoms with Gasteiger partial charge in [0.05, 0.1) is 10.5 Å². The Morgan fingerprint density at radius 2 is 1.91 bits per heavy atom. The number of piperazine rings is 1. The summed E-state index contributed by atoms with van der Waals surface area (Å²) in [7, 11) is 2.09. The number of likely N-dealkylation sites (N-methyl/N-ethyl adjacent to an activating group) is 1. The van der Waals surface area contributed by atoms with Crippen molar-refractivity contribution in [2.24, 2.45) is 5.92 Å². The molecular formula is C23H29N5O2S2. The van der Waals surface area contributed by atoms with Gasteiger partial charge in [-0.15, -0.1) is 0 Å². The molecule has 9 heteroatoms. The maximum atomic E-state index is 13.6. The number of aryl methyl sites for hydroxylation is 1. The van der Waals surface area contributed by atoms with Crippen molar-refractivity contribution in [1.29, 1.82) is 0 Å². The molecule has 0 spiro atoms. The number of nitrogens with zero attached hydrogens (tertiary/aromatic N) is 5. The first-order chi connectivity index (χ1) is 15.2. The molecule has 2 aromatic heterocycles. The van der Waals surface area contributed by atoms with Gasteiger partial charge in [-0.1, -0.05) is 43.9 Å². The number of anilines is 1. The van der Waals surface area contributed by atoms with Crippen molar-refractivity contribution in [3.8, 4) is 0 Å². The highest BCUT2D eigenvalue weighted by molar-refractivity contribution is 8.26. The summed E-state index contributed by atoms with van der Waals surface area (Å²) in [4.78, 5) is 38.0. The van der Waals surface area contributed by atoms with Gasteiger partial charge in [0.15, 0.2) is 0 Å². The Morgan fingerprint density at radius 3 is 2.59 bits per heavy atom. The van der Waals surface area contributed by atoms with Gasteiger partial charge in [-0.3, -0.25) is 18.9 Å². The zero-order chi connectivity index (χ0) is 23.0. The van der Waals surface area contributed by atoms with Crippen molar-refractivity contribution in [2.75, 3.05) is 44.7 Å². The number of carbonyl (C=O) groups is 1. The van der Waals surface area contributed by atoms with Crippen LogP contribution in [0.25, 0.3) is 11.7 Å². The van der Waals surface area contributed by atoms with E-state index in [1.54, 1.807) is 21.6 Å². The van der Waals surface area contributed by atoms with Crippen LogP contribution in [0.2, 0.25) is 0 Å². The number of thioether (sulfide) groups is 1. The van der Waals surface area contributed by atoms with Crippen molar-refractivity contribution >= 4 is 51.7 Å². The molecular weight excluding hydrogens is 442 g/mol. The number of hydrogen-bond acceptors (Lipinski definition) is 7. The highest BCUT2D eigenvalue weighted by Crippen LogP contribution is 2.34. The summed E-state index contributed by atoms with van der Waals surface area (Å²) < 4.78 is 2.12. The number of fused-ring (bicyclic) bond motifs is 1. The molecule has 0 N–H and O–H groups in total. The maximum absolute atomic E-state index is 13.6. The van der Waals surface area contributed by atoms with Crippen molar-refractivity contribution in [3.63, 3.8) is 0 Å². The molecule has 0 bridgehead atoms. The number of carbonyl (C=O) groups excluding carboxylic acids is 1. The lowest BCUT2D eigenvalue weighted by molar-refractivity contribution is -0.122. The first-order valence-corrected chi connectivity index (χ1v) is 12.2. The molecule has 7 nitrogen and oxygen atoms in total. The predicted molar refractivity (Wildman–Crippen MR) is 135 cm³/mol. The minimum absolute atomic E-state index is 0.126. The smallest absolute Gasteiger partial charge is 0.267 e. The van der Waals surface area contributed by atoms with E-state index in [-0.39, 0.29) is 11.5 Å². The van der Waals surface area contributed by atoms with Gasteiger partial charge in [0.1, 0.15) is 15.8 Å². The van der Waals surface area contributed by atoms with Gasteiger partial charge in [0, 0.05) is 38.9 Å². The molecule has 0 aromatic carbocycles. The average Bonchev–Trinajstić information content (AvgIpc) is 3.02. The molecule has 2 aliphatic rings. The third-order valence-corrected chi connectivity index (χ3v) is 7.25. The molecule has 0 saturated carbocycles. The number of thiocarbonyl (C=S) groups is 1. The highest BCUT2D eigenvalue weighted by atomic mass is 32.2. The van der Waals surface area contributed by atoms with Gasteiger partial charge in [0.2, 0.25) is 0 Å². The summed E-state index contributed by atoms with van der Waals surface area (Å²) >= 11 is 6.74. The predicted octanol–water partition coefficient (Wildman–Crippen LogP) is 3.00. The quantitative estimate of drug-likeness (QED) is 0.491. The van der Waals surface area contributed by atoms with Crippen LogP contribution in [-0.2, 0) is 4.79 Å². The topological polar surface area (TPSA) is 61.2 Å². The van der Waals surface area contributed by atoms with Crippen LogP contribution in [0.3, 0.4) is 0 Å². The third-order valence-electron chi connectivity index (χ3n) is 5.87. The summed E-state index contributed by atoms with van der Waals surface area (Å²) in [5.41, 5.74) is 1.86. The number of amides is 1. The molecule has 1 amide bonds. The van der Waals surface area contributed by atoms with Crippen LogP contribution in [0.1, 0.15) is 31.4 Å². The summed E-state index contributed by atoms with van der Waals surface area (Å²) in [5.74, 6) is 0.989. The lowest BCUT2D eigenvalue weighted by atomic mass is 10.1. The first kappa shape index (κ1) is 22.9. The molecule has 170 valence electrons. The van der Waals surface area contributed by atoms with Gasteiger partial charge in [-0.25, -0.2) is 4.98 Å². The van der Waals surface area contributed by atoms with E-state index in [0.717, 1.165) is 38.2 Å². The zero-order valence-electron chi connectivity index (χ0n) is 19.0. The largest absolute Gasteiger partial charge is 0.353 e. The molecule has 4 heterocycles. The molecule has 32 heavy (non-hydrogen) atoms. The van der Waals surface area contributed by atoms with Gasteiger partial charge >= 0.3 is 0 Å². The molecule has 0 unspecified atom stereocenters. The molecule has 2 aromatic rings. The Hall–Kier alpha value is -2.23. The van der Waals surface area contributed by atoms with Crippen molar-refractivity contribution in [1.82, 2.24) is 19.2 Å². The number of rotatable bonds is 5. The lowest BCUT2D eigenvalue weighted by Gasteiger charge is -2.34. The van der Waals surface area contributed by atoms with Gasteiger partial charge in [-0.2, -0.15) is 0 Å². The molecule has 0 atom stereocenters. The normalized spacial score (nSPS) is 19.2. The van der Waals surface area contributed by atoms with Crippen molar-refractivity contribution in [3.05, 3.63) is 44.7 Å². The van der Waals surface area contributed by atoms with E-state index in [1.807, 2.05) is 19.1 Å². The summed E-state index contributed by atoms with van der Waals surface area (Å²) in [6.45, 7) is 10.1. The Labute approximate surface area is 198 Å². The van der Waals surface area contributed by atoms with Gasteiger partial charge in [-0.05, 0) is 44.0 Å². The van der Waals surface area contributed by atoms with Crippen LogP contribution in [0.5, 0.6) is 0 Å². The molecule has 2 fully saturated rings. The SMILES string of the molecule is Cc1ccc2nc(N3CCN(C)CC3)c(/C=C3\SC(=S)N(CCC(C)C)C3=O)c(=O)n2c1. The minimum atomic E-state index is -0.167. The van der Waals surface area contributed by atoms with E-state index in [0.29, 0.717) is 38.7 Å². The fourth-order valence-corrected chi connectivity index (χ4v) is 5.13. The third kappa shape index (κ3) is 4.60. The van der Waals surface area contributed by atoms with E-state index in [1.165, 1.54) is 11.8 Å². The first-order valence-electron chi connectivity index (χ1n) is 11.0. The molecule has 0 radical (unpaired) electrons. The van der Waals surface area contributed by atoms with Crippen LogP contribution in [-0.4, -0.2) is 69.2 Å². The second-order valence-corrected chi connectivity index (χ2v) is 10.6. The summed E-state index contributed by atoms with van der Waals surface area (Å²) in [6.07, 6.45) is 4.38. The van der Waals surface area contributed by atoms with E-state index < -0.39 is 0 Å². The summed E-state index contributed by atoms with van der Waals surface area (Å²) in [5, 5.41) is 0. The van der Waals surface area contributed by atoms with E-state index in [2.05, 4.69) is 30.7 Å². The number of hydrogen-bond donors (Lipinski definition) is 0. The Bertz CT molecular complexity index is 1150. The minimum Gasteiger partial charge on any atom is -0.353 e. The van der Waals surface area contributed by atoms with Crippen molar-refractivity contribution < 1.29 is 4.79 Å². The molecule has 0 aliphatic carbocycles. The van der Waals surface area contributed by atoms with E-state index in [4.69, 9.17) is 17.2 Å². The van der Waals surface area contributed by atoms with Crippen LogP contribution in [0.15, 0.2) is 28.0 Å². The van der Waals surface area contributed by atoms with Gasteiger partial charge in [0.25, 0.3) is 11.5 Å². The van der Waals surface area contributed by atoms with Crippen LogP contribution >= 0.6 is 24.0 Å². The standard InChI is InChI=1S/C23H29N5O2S2/c1-15(2)7-8-27-22(30)18(32-23(27)31)13-17-20(26-11-9-25(4)10-12-26)24-19-6-5-16(3)14-28(19)21(17)29/h5-6,13-15H,7-12H2,1-4H3/b18-13-. The fourth-order valence-electron chi connectivity index (χ4n) is 3.84. The van der Waals surface area contributed by atoms with E-state index in [9.17, 15) is 9.59 Å². The monoisotopic (exact) mass is 471 g/mol. The Morgan fingerprint density at radius 1 is 1.19 bits per heavy atom. The second kappa shape index (κ2) is 9.33. The van der Waals surface area contributed by atoms with Crippen molar-refractivity contribution in [2.45, 2.75) is 27.2 Å². The fraction of sp³-hybridized carbons (Fsp3) is 0.478. The van der Waals surface area contributed by atoms with Gasteiger partial charge < -0.3 is 9.80 Å². The lowest BCUT2D eigenvalue weighted by Crippen LogP contribution is -2.45. The van der Waals surface area contributed by atoms with Crippen LogP contribution < -0.4 is 10.5 Å². The molecule has 4 rings (SSSR count). The molecule has 2 saturated heterocycles. The average molecular weight is 472 g/mol. The maximum Gasteiger partial charge on any atom is 0.267 e. The highest BCUT2D eigenvalue weighted by Gasteiger charge is 2.33.